The second-order valence-electron chi connectivity index (χ2n) is 5.62. The van der Waals surface area contributed by atoms with Gasteiger partial charge in [-0.2, -0.15) is 0 Å². The highest BCUT2D eigenvalue weighted by Crippen LogP contribution is 2.37. The van der Waals surface area contributed by atoms with E-state index in [1.54, 1.807) is 7.11 Å². The third-order valence-electron chi connectivity index (χ3n) is 4.45. The third-order valence-corrected chi connectivity index (χ3v) is 4.45. The van der Waals surface area contributed by atoms with Crippen LogP contribution in [0.5, 0.6) is 5.75 Å². The lowest BCUT2D eigenvalue weighted by molar-refractivity contribution is 0.149. The summed E-state index contributed by atoms with van der Waals surface area (Å²) in [5, 5.41) is 13.4. The number of benzene rings is 1. The summed E-state index contributed by atoms with van der Waals surface area (Å²) in [7, 11) is 1.68. The zero-order chi connectivity index (χ0) is 13.7. The van der Waals surface area contributed by atoms with Crippen molar-refractivity contribution in [3.8, 4) is 5.75 Å². The minimum absolute atomic E-state index is 0.180. The maximum Gasteiger partial charge on any atom is 0.141 e. The van der Waals surface area contributed by atoms with Gasteiger partial charge in [0, 0.05) is 0 Å². The number of rotatable bonds is 5. The lowest BCUT2D eigenvalue weighted by Crippen LogP contribution is -2.45. The van der Waals surface area contributed by atoms with Crippen LogP contribution in [0.25, 0.3) is 0 Å². The van der Waals surface area contributed by atoms with E-state index in [-0.39, 0.29) is 12.1 Å². The van der Waals surface area contributed by atoms with Crippen molar-refractivity contribution >= 4 is 5.69 Å². The second kappa shape index (κ2) is 6.29. The van der Waals surface area contributed by atoms with Crippen LogP contribution < -0.4 is 10.1 Å². The Morgan fingerprint density at radius 2 is 2.00 bits per heavy atom. The monoisotopic (exact) mass is 263 g/mol. The molecule has 0 saturated heterocycles. The molecule has 2 N–H and O–H groups in total. The number of nitrogens with one attached hydrogen (secondary N) is 1. The number of anilines is 1. The average Bonchev–Trinajstić information content (AvgIpc) is 2.48. The molecule has 0 heterocycles. The van der Waals surface area contributed by atoms with Crippen LogP contribution in [0.4, 0.5) is 5.69 Å². The van der Waals surface area contributed by atoms with Crippen molar-refractivity contribution in [2.75, 3.05) is 19.0 Å². The number of aliphatic hydroxyl groups excluding tert-OH is 1. The molecule has 0 aliphatic heterocycles. The van der Waals surface area contributed by atoms with Crippen molar-refractivity contribution < 1.29 is 9.84 Å². The van der Waals surface area contributed by atoms with Gasteiger partial charge in [-0.1, -0.05) is 25.5 Å². The van der Waals surface area contributed by atoms with E-state index in [0.29, 0.717) is 0 Å². The van der Waals surface area contributed by atoms with Crippen LogP contribution in [-0.2, 0) is 0 Å². The molecule has 0 spiro atoms. The van der Waals surface area contributed by atoms with E-state index in [0.717, 1.165) is 30.2 Å². The Labute approximate surface area is 116 Å². The summed E-state index contributed by atoms with van der Waals surface area (Å²) in [6, 6.07) is 7.92. The Kier molecular flexibility index (Phi) is 4.70. The number of hydrogen-bond donors (Lipinski definition) is 2. The number of aliphatic hydroxyl groups is 1. The lowest BCUT2D eigenvalue weighted by atomic mass is 9.76. The Morgan fingerprint density at radius 3 is 2.58 bits per heavy atom. The molecular formula is C16H25NO2. The van der Waals surface area contributed by atoms with Crippen molar-refractivity contribution in [2.45, 2.75) is 44.6 Å². The number of ether oxygens (including phenoxy) is 1. The van der Waals surface area contributed by atoms with Gasteiger partial charge < -0.3 is 15.2 Å². The largest absolute Gasteiger partial charge is 0.495 e. The zero-order valence-corrected chi connectivity index (χ0v) is 12.0. The van der Waals surface area contributed by atoms with Crippen LogP contribution in [0.15, 0.2) is 24.3 Å². The van der Waals surface area contributed by atoms with Gasteiger partial charge in [0.2, 0.25) is 0 Å². The van der Waals surface area contributed by atoms with Crippen LogP contribution >= 0.6 is 0 Å². The standard InChI is InChI=1S/C16H25NO2/c1-3-13-8-10-16(12-18,11-9-13)17-14-6-4-5-7-15(14)19-2/h4-7,13,17-18H,3,8-12H2,1-2H3. The van der Waals surface area contributed by atoms with Gasteiger partial charge in [-0.25, -0.2) is 0 Å². The molecular weight excluding hydrogens is 238 g/mol. The molecule has 0 unspecified atom stereocenters. The van der Waals surface area contributed by atoms with E-state index in [1.165, 1.54) is 19.3 Å². The van der Waals surface area contributed by atoms with Crippen molar-refractivity contribution in [2.24, 2.45) is 5.92 Å². The van der Waals surface area contributed by atoms with Gasteiger partial charge in [0.1, 0.15) is 5.75 Å². The van der Waals surface area contributed by atoms with Crippen LogP contribution in [0.3, 0.4) is 0 Å². The molecule has 3 heteroatoms. The van der Waals surface area contributed by atoms with Gasteiger partial charge in [-0.05, 0) is 43.7 Å². The molecule has 0 radical (unpaired) electrons. The molecule has 19 heavy (non-hydrogen) atoms. The van der Waals surface area contributed by atoms with Gasteiger partial charge in [0.25, 0.3) is 0 Å². The zero-order valence-electron chi connectivity index (χ0n) is 12.0. The van der Waals surface area contributed by atoms with E-state index in [1.807, 2.05) is 24.3 Å². The first kappa shape index (κ1) is 14.2. The Balaban J connectivity index is 2.11. The number of hydrogen-bond acceptors (Lipinski definition) is 3. The molecule has 1 fully saturated rings. The molecule has 3 nitrogen and oxygen atoms in total. The molecule has 0 atom stereocenters. The van der Waals surface area contributed by atoms with Crippen molar-refractivity contribution in [1.29, 1.82) is 0 Å². The molecule has 1 aromatic rings. The minimum Gasteiger partial charge on any atom is -0.495 e. The van der Waals surface area contributed by atoms with E-state index in [4.69, 9.17) is 4.74 Å². The summed E-state index contributed by atoms with van der Waals surface area (Å²) in [4.78, 5) is 0. The molecule has 0 amide bonds. The first-order valence-electron chi connectivity index (χ1n) is 7.25. The van der Waals surface area contributed by atoms with E-state index < -0.39 is 0 Å². The van der Waals surface area contributed by atoms with Crippen molar-refractivity contribution in [1.82, 2.24) is 0 Å². The Bertz CT molecular complexity index is 397. The topological polar surface area (TPSA) is 41.5 Å². The number of para-hydroxylation sites is 2. The molecule has 1 aromatic carbocycles. The predicted molar refractivity (Wildman–Crippen MR) is 78.7 cm³/mol. The summed E-state index contributed by atoms with van der Waals surface area (Å²) in [6.45, 7) is 2.44. The third kappa shape index (κ3) is 3.21. The second-order valence-corrected chi connectivity index (χ2v) is 5.62. The minimum atomic E-state index is -0.180. The fourth-order valence-corrected chi connectivity index (χ4v) is 2.99. The van der Waals surface area contributed by atoms with Gasteiger partial charge in [0.15, 0.2) is 0 Å². The first-order valence-corrected chi connectivity index (χ1v) is 7.25. The van der Waals surface area contributed by atoms with Crippen LogP contribution in [-0.4, -0.2) is 24.4 Å². The fourth-order valence-electron chi connectivity index (χ4n) is 2.99. The molecule has 106 valence electrons. The van der Waals surface area contributed by atoms with Crippen LogP contribution in [0, 0.1) is 5.92 Å². The highest BCUT2D eigenvalue weighted by atomic mass is 16.5. The van der Waals surface area contributed by atoms with Gasteiger partial charge >= 0.3 is 0 Å². The van der Waals surface area contributed by atoms with E-state index in [2.05, 4.69) is 12.2 Å². The fraction of sp³-hybridized carbons (Fsp3) is 0.625. The van der Waals surface area contributed by atoms with Crippen molar-refractivity contribution in [3.05, 3.63) is 24.3 Å². The molecule has 0 bridgehead atoms. The SMILES string of the molecule is CCC1CCC(CO)(Nc2ccccc2OC)CC1. The molecule has 2 rings (SSSR count). The maximum absolute atomic E-state index is 9.82. The molecule has 1 aliphatic carbocycles. The van der Waals surface area contributed by atoms with Crippen LogP contribution in [0.2, 0.25) is 0 Å². The summed E-state index contributed by atoms with van der Waals surface area (Å²) in [5.41, 5.74) is 0.800. The summed E-state index contributed by atoms with van der Waals surface area (Å²) < 4.78 is 5.37. The summed E-state index contributed by atoms with van der Waals surface area (Å²) >= 11 is 0. The average molecular weight is 263 g/mol. The van der Waals surface area contributed by atoms with Gasteiger partial charge in [0.05, 0.1) is 24.9 Å². The van der Waals surface area contributed by atoms with E-state index in [9.17, 15) is 5.11 Å². The van der Waals surface area contributed by atoms with E-state index >= 15 is 0 Å². The normalized spacial score (nSPS) is 27.0. The quantitative estimate of drug-likeness (QED) is 0.855. The Hall–Kier alpha value is -1.22. The molecule has 0 aromatic heterocycles. The number of methoxy groups -OCH3 is 1. The predicted octanol–water partition coefficient (Wildman–Crippen LogP) is 3.44. The highest BCUT2D eigenvalue weighted by Gasteiger charge is 2.34. The maximum atomic E-state index is 9.82. The van der Waals surface area contributed by atoms with Crippen LogP contribution in [0.1, 0.15) is 39.0 Å². The summed E-state index contributed by atoms with van der Waals surface area (Å²) in [5.74, 6) is 1.66. The molecule has 1 aliphatic rings. The smallest absolute Gasteiger partial charge is 0.141 e. The van der Waals surface area contributed by atoms with Gasteiger partial charge in [-0.15, -0.1) is 0 Å². The highest BCUT2D eigenvalue weighted by molar-refractivity contribution is 5.57. The molecule has 1 saturated carbocycles. The first-order chi connectivity index (χ1) is 9.23. The summed E-state index contributed by atoms with van der Waals surface area (Å²) in [6.07, 6.45) is 5.69. The van der Waals surface area contributed by atoms with Crippen molar-refractivity contribution in [3.63, 3.8) is 0 Å². The van der Waals surface area contributed by atoms with Gasteiger partial charge in [-0.3, -0.25) is 0 Å². The Morgan fingerprint density at radius 1 is 1.32 bits per heavy atom. The lowest BCUT2D eigenvalue weighted by Gasteiger charge is -2.40.